The molecule has 88 valence electrons. The molecule has 0 radical (unpaired) electrons. The van der Waals surface area contributed by atoms with Crippen LogP contribution in [0.3, 0.4) is 0 Å². The highest BCUT2D eigenvalue weighted by Crippen LogP contribution is 2.26. The highest BCUT2D eigenvalue weighted by atomic mass is 15.2. The Labute approximate surface area is 97.7 Å². The maximum absolute atomic E-state index is 5.91. The molecule has 2 N–H and O–H groups in total. The van der Waals surface area contributed by atoms with E-state index in [4.69, 9.17) is 5.73 Å². The van der Waals surface area contributed by atoms with Gasteiger partial charge in [-0.1, -0.05) is 13.3 Å². The van der Waals surface area contributed by atoms with Crippen LogP contribution in [0.4, 0.5) is 11.5 Å². The molecule has 16 heavy (non-hydrogen) atoms. The van der Waals surface area contributed by atoms with Crippen LogP contribution in [0.1, 0.15) is 31.7 Å². The Balaban J connectivity index is 2.05. The van der Waals surface area contributed by atoms with Crippen molar-refractivity contribution in [2.45, 2.75) is 33.1 Å². The lowest BCUT2D eigenvalue weighted by Crippen LogP contribution is -2.21. The molecule has 1 atom stereocenters. The third-order valence-corrected chi connectivity index (χ3v) is 3.44. The van der Waals surface area contributed by atoms with Crippen LogP contribution in [0.5, 0.6) is 0 Å². The predicted octanol–water partition coefficient (Wildman–Crippen LogP) is 2.60. The fourth-order valence-corrected chi connectivity index (χ4v) is 2.39. The minimum atomic E-state index is 0.842. The van der Waals surface area contributed by atoms with Crippen LogP contribution in [0.25, 0.3) is 0 Å². The van der Waals surface area contributed by atoms with Gasteiger partial charge in [0.05, 0.1) is 0 Å². The highest BCUT2D eigenvalue weighted by Gasteiger charge is 2.22. The van der Waals surface area contributed by atoms with Crippen molar-refractivity contribution in [3.8, 4) is 0 Å². The molecule has 2 rings (SSSR count). The molecule has 0 aliphatic carbocycles. The van der Waals surface area contributed by atoms with Crippen molar-refractivity contribution in [3.63, 3.8) is 0 Å². The van der Waals surface area contributed by atoms with E-state index < -0.39 is 0 Å². The van der Waals surface area contributed by atoms with E-state index >= 15 is 0 Å². The molecule has 1 aromatic rings. The standard InChI is InChI=1S/C13H21N3/c1-3-4-11-5-6-16(9-11)13-7-12(14)10(2)8-15-13/h7-8,11H,3-6,9H2,1-2H3,(H2,14,15). The first-order chi connectivity index (χ1) is 7.70. The van der Waals surface area contributed by atoms with Crippen LogP contribution in [0.2, 0.25) is 0 Å². The molecule has 3 nitrogen and oxygen atoms in total. The number of rotatable bonds is 3. The summed E-state index contributed by atoms with van der Waals surface area (Å²) >= 11 is 0. The second-order valence-corrected chi connectivity index (χ2v) is 4.79. The maximum atomic E-state index is 5.91. The molecule has 1 aromatic heterocycles. The average molecular weight is 219 g/mol. The molecular formula is C13H21N3. The third-order valence-electron chi connectivity index (χ3n) is 3.44. The van der Waals surface area contributed by atoms with Crippen LogP contribution in [-0.4, -0.2) is 18.1 Å². The smallest absolute Gasteiger partial charge is 0.130 e. The molecule has 1 unspecified atom stereocenters. The first-order valence-corrected chi connectivity index (χ1v) is 6.17. The van der Waals surface area contributed by atoms with Crippen LogP contribution in [0.15, 0.2) is 12.3 Å². The normalized spacial score (nSPS) is 20.4. The molecule has 0 bridgehead atoms. The van der Waals surface area contributed by atoms with Crippen molar-refractivity contribution in [2.75, 3.05) is 23.7 Å². The largest absolute Gasteiger partial charge is 0.398 e. The monoisotopic (exact) mass is 219 g/mol. The van der Waals surface area contributed by atoms with E-state index in [0.29, 0.717) is 0 Å². The molecule has 2 heterocycles. The molecule has 1 aliphatic heterocycles. The number of nitrogens with two attached hydrogens (primary N) is 1. The lowest BCUT2D eigenvalue weighted by molar-refractivity contribution is 0.529. The minimum Gasteiger partial charge on any atom is -0.398 e. The van der Waals surface area contributed by atoms with Gasteiger partial charge < -0.3 is 10.6 Å². The first-order valence-electron chi connectivity index (χ1n) is 6.17. The molecule has 0 saturated carbocycles. The van der Waals surface area contributed by atoms with Crippen molar-refractivity contribution < 1.29 is 0 Å². The van der Waals surface area contributed by atoms with E-state index in [1.54, 1.807) is 0 Å². The van der Waals surface area contributed by atoms with Gasteiger partial charge in [-0.15, -0.1) is 0 Å². The zero-order valence-electron chi connectivity index (χ0n) is 10.2. The fourth-order valence-electron chi connectivity index (χ4n) is 2.39. The van der Waals surface area contributed by atoms with Crippen molar-refractivity contribution in [3.05, 3.63) is 17.8 Å². The van der Waals surface area contributed by atoms with Gasteiger partial charge in [0.2, 0.25) is 0 Å². The molecule has 0 aromatic carbocycles. The van der Waals surface area contributed by atoms with E-state index in [1.807, 2.05) is 19.2 Å². The highest BCUT2D eigenvalue weighted by molar-refractivity contribution is 5.55. The van der Waals surface area contributed by atoms with E-state index in [-0.39, 0.29) is 0 Å². The van der Waals surface area contributed by atoms with Crippen molar-refractivity contribution in [1.82, 2.24) is 4.98 Å². The molecule has 0 amide bonds. The molecule has 1 aliphatic rings. The maximum Gasteiger partial charge on any atom is 0.130 e. The van der Waals surface area contributed by atoms with E-state index in [0.717, 1.165) is 36.1 Å². The lowest BCUT2D eigenvalue weighted by Gasteiger charge is -2.18. The molecular weight excluding hydrogens is 198 g/mol. The lowest BCUT2D eigenvalue weighted by atomic mass is 10.0. The van der Waals surface area contributed by atoms with Crippen molar-refractivity contribution in [1.29, 1.82) is 0 Å². The Morgan fingerprint density at radius 1 is 1.56 bits per heavy atom. The average Bonchev–Trinajstić information content (AvgIpc) is 2.71. The number of nitrogens with zero attached hydrogens (tertiary/aromatic N) is 2. The van der Waals surface area contributed by atoms with Crippen LogP contribution in [-0.2, 0) is 0 Å². The van der Waals surface area contributed by atoms with Gasteiger partial charge >= 0.3 is 0 Å². The molecule has 3 heteroatoms. The number of hydrogen-bond donors (Lipinski definition) is 1. The minimum absolute atomic E-state index is 0.842. The SMILES string of the molecule is CCCC1CCN(c2cc(N)c(C)cn2)C1. The van der Waals surface area contributed by atoms with Gasteiger partial charge in [-0.05, 0) is 31.2 Å². The zero-order chi connectivity index (χ0) is 11.5. The van der Waals surface area contributed by atoms with Gasteiger partial charge in [-0.3, -0.25) is 0 Å². The topological polar surface area (TPSA) is 42.1 Å². The number of anilines is 2. The molecule has 0 spiro atoms. The number of pyridine rings is 1. The predicted molar refractivity (Wildman–Crippen MR) is 68.6 cm³/mol. The Bertz CT molecular complexity index is 362. The van der Waals surface area contributed by atoms with Gasteiger partial charge in [0.25, 0.3) is 0 Å². The van der Waals surface area contributed by atoms with Crippen LogP contribution in [0, 0.1) is 12.8 Å². The van der Waals surface area contributed by atoms with E-state index in [2.05, 4.69) is 16.8 Å². The number of aryl methyl sites for hydroxylation is 1. The summed E-state index contributed by atoms with van der Waals surface area (Å²) in [5, 5.41) is 0. The molecule has 1 fully saturated rings. The van der Waals surface area contributed by atoms with Gasteiger partial charge in [-0.25, -0.2) is 4.98 Å². The van der Waals surface area contributed by atoms with Gasteiger partial charge in [0, 0.05) is 31.0 Å². The summed E-state index contributed by atoms with van der Waals surface area (Å²) in [5.41, 5.74) is 7.83. The van der Waals surface area contributed by atoms with E-state index in [9.17, 15) is 0 Å². The van der Waals surface area contributed by atoms with Gasteiger partial charge in [-0.2, -0.15) is 0 Å². The first kappa shape index (κ1) is 11.2. The zero-order valence-corrected chi connectivity index (χ0v) is 10.2. The summed E-state index contributed by atoms with van der Waals surface area (Å²) in [6.07, 6.45) is 5.78. The van der Waals surface area contributed by atoms with Crippen LogP contribution < -0.4 is 10.6 Å². The van der Waals surface area contributed by atoms with Crippen molar-refractivity contribution in [2.24, 2.45) is 5.92 Å². The summed E-state index contributed by atoms with van der Waals surface area (Å²) in [7, 11) is 0. The molecule has 1 saturated heterocycles. The Kier molecular flexibility index (Phi) is 3.32. The fraction of sp³-hybridized carbons (Fsp3) is 0.615. The summed E-state index contributed by atoms with van der Waals surface area (Å²) in [5.74, 6) is 1.89. The van der Waals surface area contributed by atoms with Crippen molar-refractivity contribution >= 4 is 11.5 Å². The van der Waals surface area contributed by atoms with E-state index in [1.165, 1.54) is 19.3 Å². The summed E-state index contributed by atoms with van der Waals surface area (Å²) < 4.78 is 0. The quantitative estimate of drug-likeness (QED) is 0.849. The summed E-state index contributed by atoms with van der Waals surface area (Å²) in [6, 6.07) is 2.00. The van der Waals surface area contributed by atoms with Gasteiger partial charge in [0.1, 0.15) is 5.82 Å². The summed E-state index contributed by atoms with van der Waals surface area (Å²) in [4.78, 5) is 6.82. The second kappa shape index (κ2) is 4.73. The Hall–Kier alpha value is -1.25. The number of nitrogen functional groups attached to an aromatic ring is 1. The van der Waals surface area contributed by atoms with Gasteiger partial charge in [0.15, 0.2) is 0 Å². The number of aromatic nitrogens is 1. The number of hydrogen-bond acceptors (Lipinski definition) is 3. The Morgan fingerprint density at radius 3 is 3.06 bits per heavy atom. The third kappa shape index (κ3) is 2.29. The Morgan fingerprint density at radius 2 is 2.38 bits per heavy atom. The summed E-state index contributed by atoms with van der Waals surface area (Å²) in [6.45, 7) is 6.52. The van der Waals surface area contributed by atoms with Crippen LogP contribution >= 0.6 is 0 Å². The second-order valence-electron chi connectivity index (χ2n) is 4.79.